The summed E-state index contributed by atoms with van der Waals surface area (Å²) in [5, 5.41) is 3.21. The third-order valence-corrected chi connectivity index (χ3v) is 6.10. The molecule has 0 fully saturated rings. The molecule has 4 rings (SSSR count). The predicted molar refractivity (Wildman–Crippen MR) is 114 cm³/mol. The minimum absolute atomic E-state index is 0.00502. The van der Waals surface area contributed by atoms with Crippen molar-refractivity contribution >= 4 is 37.0 Å². The molecular weight excluding hydrogens is 448 g/mol. The van der Waals surface area contributed by atoms with Crippen LogP contribution in [-0.4, -0.2) is 6.09 Å². The first-order valence-corrected chi connectivity index (χ1v) is 11.3. The van der Waals surface area contributed by atoms with E-state index >= 15 is 0 Å². The molecule has 0 spiro atoms. The Kier molecular flexibility index (Phi) is 5.91. The fourth-order valence-corrected chi connectivity index (χ4v) is 4.63. The van der Waals surface area contributed by atoms with E-state index in [9.17, 15) is 9.36 Å². The van der Waals surface area contributed by atoms with Gasteiger partial charge < -0.3 is 13.8 Å². The van der Waals surface area contributed by atoms with E-state index in [1.54, 1.807) is 48.5 Å². The Morgan fingerprint density at radius 2 is 1.50 bits per heavy atom. The van der Waals surface area contributed by atoms with E-state index in [2.05, 4.69) is 5.09 Å². The average Bonchev–Trinajstić information content (AvgIpc) is 2.70. The van der Waals surface area contributed by atoms with Crippen molar-refractivity contribution in [3.63, 3.8) is 0 Å². The Balaban J connectivity index is 1.61. The van der Waals surface area contributed by atoms with Crippen LogP contribution in [0.1, 0.15) is 16.7 Å². The normalized spacial score (nSPS) is 14.1. The SMILES string of the molecule is O=C(NP1(=O)Oc2ccc(Cl)cc2Cc2cc(Cl)ccc2O1)OCc1ccccc1. The number of amides is 1. The maximum Gasteiger partial charge on any atom is 0.546 e. The number of hydrogen-bond donors (Lipinski definition) is 1. The minimum Gasteiger partial charge on any atom is -0.444 e. The highest BCUT2D eigenvalue weighted by molar-refractivity contribution is 7.53. The highest BCUT2D eigenvalue weighted by atomic mass is 35.5. The van der Waals surface area contributed by atoms with Gasteiger partial charge in [0.25, 0.3) is 0 Å². The molecule has 0 radical (unpaired) electrons. The summed E-state index contributed by atoms with van der Waals surface area (Å²) < 4.78 is 29.8. The van der Waals surface area contributed by atoms with Crippen molar-refractivity contribution in [3.05, 3.63) is 93.5 Å². The van der Waals surface area contributed by atoms with E-state index < -0.39 is 13.8 Å². The quantitative estimate of drug-likeness (QED) is 0.455. The summed E-state index contributed by atoms with van der Waals surface area (Å²) in [7, 11) is -4.17. The van der Waals surface area contributed by atoms with E-state index in [4.69, 9.17) is 37.0 Å². The van der Waals surface area contributed by atoms with Gasteiger partial charge in [-0.3, -0.25) is 0 Å². The summed E-state index contributed by atoms with van der Waals surface area (Å²) in [5.74, 6) is 0.549. The van der Waals surface area contributed by atoms with E-state index in [1.807, 2.05) is 18.2 Å². The molecule has 0 bridgehead atoms. The molecule has 1 aliphatic rings. The fourth-order valence-electron chi connectivity index (χ4n) is 2.95. The summed E-state index contributed by atoms with van der Waals surface area (Å²) in [6.07, 6.45) is -0.543. The zero-order valence-electron chi connectivity index (χ0n) is 15.5. The topological polar surface area (TPSA) is 73.9 Å². The van der Waals surface area contributed by atoms with E-state index in [-0.39, 0.29) is 18.1 Å². The summed E-state index contributed by atoms with van der Waals surface area (Å²) >= 11 is 12.2. The van der Waals surface area contributed by atoms with E-state index in [0.29, 0.717) is 27.6 Å². The van der Waals surface area contributed by atoms with Gasteiger partial charge in [0.1, 0.15) is 18.1 Å². The molecule has 3 aromatic carbocycles. The molecule has 0 saturated heterocycles. The molecule has 0 unspecified atom stereocenters. The first-order chi connectivity index (χ1) is 14.4. The monoisotopic (exact) mass is 463 g/mol. The number of carbonyl (C=O) groups is 1. The van der Waals surface area contributed by atoms with Crippen LogP contribution in [0.3, 0.4) is 0 Å². The third-order valence-electron chi connectivity index (χ3n) is 4.30. The lowest BCUT2D eigenvalue weighted by atomic mass is 10.0. The lowest BCUT2D eigenvalue weighted by Crippen LogP contribution is -2.27. The number of benzene rings is 3. The predicted octanol–water partition coefficient (Wildman–Crippen LogP) is 6.39. The van der Waals surface area contributed by atoms with Crippen LogP contribution in [0.15, 0.2) is 66.7 Å². The first kappa shape index (κ1) is 20.6. The van der Waals surface area contributed by atoms with Gasteiger partial charge in [-0.1, -0.05) is 53.5 Å². The van der Waals surface area contributed by atoms with E-state index in [0.717, 1.165) is 5.56 Å². The van der Waals surface area contributed by atoms with Crippen molar-refractivity contribution < 1.29 is 23.1 Å². The van der Waals surface area contributed by atoms with Gasteiger partial charge in [0.15, 0.2) is 0 Å². The third kappa shape index (κ3) is 4.90. The van der Waals surface area contributed by atoms with E-state index in [1.165, 1.54) is 0 Å². The second kappa shape index (κ2) is 8.60. The molecule has 1 amide bonds. The van der Waals surface area contributed by atoms with Crippen LogP contribution in [-0.2, 0) is 22.3 Å². The zero-order chi connectivity index (χ0) is 21.1. The van der Waals surface area contributed by atoms with Crippen LogP contribution in [0, 0.1) is 0 Å². The summed E-state index contributed by atoms with van der Waals surface area (Å²) in [6, 6.07) is 18.8. The van der Waals surface area contributed by atoms with Crippen LogP contribution in [0.25, 0.3) is 0 Å². The summed E-state index contributed by atoms with van der Waals surface area (Å²) in [4.78, 5) is 12.3. The number of hydrogen-bond acceptors (Lipinski definition) is 5. The lowest BCUT2D eigenvalue weighted by Gasteiger charge is -2.25. The Morgan fingerprint density at radius 1 is 0.933 bits per heavy atom. The largest absolute Gasteiger partial charge is 0.546 e. The number of rotatable bonds is 3. The smallest absolute Gasteiger partial charge is 0.444 e. The van der Waals surface area contributed by atoms with Crippen LogP contribution >= 0.6 is 30.9 Å². The van der Waals surface area contributed by atoms with Crippen LogP contribution < -0.4 is 14.1 Å². The van der Waals surface area contributed by atoms with Gasteiger partial charge in [0.2, 0.25) is 0 Å². The molecule has 1 N–H and O–H groups in total. The van der Waals surface area contributed by atoms with Crippen LogP contribution in [0.5, 0.6) is 11.5 Å². The molecule has 3 aromatic rings. The maximum atomic E-state index is 13.4. The van der Waals surface area contributed by atoms with Crippen molar-refractivity contribution in [1.29, 1.82) is 0 Å². The lowest BCUT2D eigenvalue weighted by molar-refractivity contribution is 0.143. The molecule has 30 heavy (non-hydrogen) atoms. The maximum absolute atomic E-state index is 13.4. The number of nitrogens with one attached hydrogen (secondary N) is 1. The van der Waals surface area contributed by atoms with Crippen molar-refractivity contribution in [2.75, 3.05) is 0 Å². The van der Waals surface area contributed by atoms with Crippen molar-refractivity contribution in [2.45, 2.75) is 13.0 Å². The Morgan fingerprint density at radius 3 is 2.07 bits per heavy atom. The van der Waals surface area contributed by atoms with Gasteiger partial charge in [-0.05, 0) is 42.0 Å². The molecule has 0 aliphatic carbocycles. The molecule has 1 aliphatic heterocycles. The zero-order valence-corrected chi connectivity index (χ0v) is 17.9. The second-order valence-corrected chi connectivity index (χ2v) is 8.99. The van der Waals surface area contributed by atoms with Gasteiger partial charge in [0.05, 0.1) is 0 Å². The average molecular weight is 464 g/mol. The standard InChI is InChI=1S/C21H16Cl2NO5P/c22-17-6-8-19-15(11-17)10-16-12-18(23)7-9-20(16)29-30(26,28-19)24-21(25)27-13-14-4-2-1-3-5-14/h1-9,11-12H,10,13H2,(H,24,25,26). The van der Waals surface area contributed by atoms with Crippen molar-refractivity contribution in [2.24, 2.45) is 0 Å². The summed E-state index contributed by atoms with van der Waals surface area (Å²) in [6.45, 7) is 0.00502. The first-order valence-electron chi connectivity index (χ1n) is 8.95. The number of carbonyl (C=O) groups excluding carboxylic acids is 1. The molecule has 154 valence electrons. The molecule has 9 heteroatoms. The van der Waals surface area contributed by atoms with Gasteiger partial charge in [-0.25, -0.2) is 14.4 Å². The van der Waals surface area contributed by atoms with Crippen molar-refractivity contribution in [1.82, 2.24) is 5.09 Å². The molecule has 6 nitrogen and oxygen atoms in total. The van der Waals surface area contributed by atoms with Gasteiger partial charge >= 0.3 is 13.8 Å². The van der Waals surface area contributed by atoms with Gasteiger partial charge in [-0.15, -0.1) is 0 Å². The minimum atomic E-state index is -4.17. The fraction of sp³-hybridized carbons (Fsp3) is 0.0952. The van der Waals surface area contributed by atoms with Crippen LogP contribution in [0.4, 0.5) is 4.79 Å². The summed E-state index contributed by atoms with van der Waals surface area (Å²) in [5.41, 5.74) is 2.13. The molecular formula is C21H16Cl2NO5P. The highest BCUT2D eigenvalue weighted by Gasteiger charge is 2.35. The molecule has 1 heterocycles. The number of halogens is 2. The van der Waals surface area contributed by atoms with Gasteiger partial charge in [0, 0.05) is 27.6 Å². The molecule has 0 aromatic heterocycles. The van der Waals surface area contributed by atoms with Gasteiger partial charge in [-0.2, -0.15) is 0 Å². The number of fused-ring (bicyclic) bond motifs is 2. The highest BCUT2D eigenvalue weighted by Crippen LogP contribution is 2.49. The molecule has 0 saturated carbocycles. The second-order valence-electron chi connectivity index (χ2n) is 6.53. The van der Waals surface area contributed by atoms with Crippen LogP contribution in [0.2, 0.25) is 10.0 Å². The Bertz CT molecular complexity index is 1080. The Hall–Kier alpha value is -2.66. The van der Waals surface area contributed by atoms with Crippen molar-refractivity contribution in [3.8, 4) is 11.5 Å². The molecule has 0 atom stereocenters. The Labute approximate surface area is 183 Å². The number of ether oxygens (including phenoxy) is 1.